The number of imidazole rings is 5. The molecule has 0 unspecified atom stereocenters. The summed E-state index contributed by atoms with van der Waals surface area (Å²) in [6.07, 6.45) is 20.1. The maximum absolute atomic E-state index is 4.20. The molecule has 0 radical (unpaired) electrons. The Morgan fingerprint density at radius 1 is 0.405 bits per heavy atom. The van der Waals surface area contributed by atoms with Crippen molar-refractivity contribution in [3.8, 4) is 34.8 Å². The van der Waals surface area contributed by atoms with E-state index in [2.05, 4.69) is 29.9 Å². The van der Waals surface area contributed by atoms with Crippen molar-refractivity contribution in [2.75, 3.05) is 0 Å². The molecule has 0 amide bonds. The molecule has 0 aliphatic rings. The van der Waals surface area contributed by atoms with Gasteiger partial charge in [-0.15, -0.1) is 0 Å². The molecule has 6 heterocycles. The summed E-state index contributed by atoms with van der Waals surface area (Å²) < 4.78 is 9.73. The first-order chi connectivity index (χ1) is 17.5. The number of aromatic nitrogens is 11. The molecule has 0 aromatic carbocycles. The van der Waals surface area contributed by atoms with Gasteiger partial charge in [-0.3, -0.25) is 4.98 Å². The molecule has 0 aliphatic heterocycles. The summed E-state index contributed by atoms with van der Waals surface area (Å²) in [5, 5.41) is 0. The fourth-order valence-corrected chi connectivity index (χ4v) is 3.43. The number of rotatable bonds is 3. The summed E-state index contributed by atoms with van der Waals surface area (Å²) in [6.45, 7) is 0. The van der Waals surface area contributed by atoms with Gasteiger partial charge in [-0.05, 0) is 12.1 Å². The average molecular weight is 674 g/mol. The topological polar surface area (TPSA) is 102 Å². The Morgan fingerprint density at radius 2 is 0.730 bits per heavy atom. The smallest absolute Gasteiger partial charge is 0.176 e. The van der Waals surface area contributed by atoms with Crippen molar-refractivity contribution in [1.82, 2.24) is 52.7 Å². The van der Waals surface area contributed by atoms with Gasteiger partial charge in [0, 0.05) is 123 Å². The Kier molecular flexibility index (Phi) is 9.41. The van der Waals surface area contributed by atoms with Crippen molar-refractivity contribution >= 4 is 0 Å². The SMILES string of the molecule is Cn1ccnc1-c1ccccn1.Cn1ccnc1-c1nccn1C.Cn1ccnc1-c1nccn1C.[Os]. The second-order valence-corrected chi connectivity index (χ2v) is 8.02. The molecule has 0 fully saturated rings. The van der Waals surface area contributed by atoms with E-state index in [1.807, 2.05) is 107 Å². The minimum atomic E-state index is 0. The van der Waals surface area contributed by atoms with E-state index in [-0.39, 0.29) is 19.8 Å². The van der Waals surface area contributed by atoms with Crippen LogP contribution in [0.3, 0.4) is 0 Å². The van der Waals surface area contributed by atoms with Crippen molar-refractivity contribution in [2.24, 2.45) is 35.2 Å². The third-order valence-electron chi connectivity index (χ3n) is 5.40. The summed E-state index contributed by atoms with van der Waals surface area (Å²) in [6, 6.07) is 5.80. The Labute approximate surface area is 228 Å². The minimum absolute atomic E-state index is 0. The standard InChI is InChI=1S/C9H9N3.2C8H10N4.Os/c1-12-7-6-11-9(12)8-4-2-3-5-10-8;2*1-11-5-3-9-7(11)8-10-4-6-12(8)2;/h2-7H,1H3;2*3-6H,1-2H3;. The van der Waals surface area contributed by atoms with Crippen LogP contribution in [0.25, 0.3) is 34.8 Å². The van der Waals surface area contributed by atoms with Crippen LogP contribution >= 0.6 is 0 Å². The van der Waals surface area contributed by atoms with Gasteiger partial charge in [0.25, 0.3) is 0 Å². The second kappa shape index (κ2) is 12.7. The summed E-state index contributed by atoms with van der Waals surface area (Å²) in [5.74, 6) is 4.46. The fraction of sp³-hybridized carbons (Fsp3) is 0.200. The molecular weight excluding hydrogens is 645 g/mol. The van der Waals surface area contributed by atoms with E-state index in [9.17, 15) is 0 Å². The zero-order chi connectivity index (χ0) is 25.5. The molecule has 0 atom stereocenters. The quantitative estimate of drug-likeness (QED) is 0.286. The van der Waals surface area contributed by atoms with Crippen LogP contribution in [0, 0.1) is 0 Å². The van der Waals surface area contributed by atoms with Gasteiger partial charge >= 0.3 is 0 Å². The molecule has 11 nitrogen and oxygen atoms in total. The predicted molar refractivity (Wildman–Crippen MR) is 137 cm³/mol. The summed E-state index contributed by atoms with van der Waals surface area (Å²) in [5.41, 5.74) is 0.907. The third kappa shape index (κ3) is 6.54. The predicted octanol–water partition coefficient (Wildman–Crippen LogP) is 3.12. The van der Waals surface area contributed by atoms with Gasteiger partial charge in [0.1, 0.15) is 5.69 Å². The molecule has 6 rings (SSSR count). The molecule has 0 saturated carbocycles. The van der Waals surface area contributed by atoms with Crippen LogP contribution in [-0.2, 0) is 55.0 Å². The number of aryl methyl sites for hydroxylation is 5. The monoisotopic (exact) mass is 675 g/mol. The zero-order valence-corrected chi connectivity index (χ0v) is 23.9. The number of hydrogen-bond donors (Lipinski definition) is 0. The van der Waals surface area contributed by atoms with Gasteiger partial charge in [0.2, 0.25) is 0 Å². The normalized spacial score (nSPS) is 10.1. The van der Waals surface area contributed by atoms with Gasteiger partial charge in [0.15, 0.2) is 29.1 Å². The van der Waals surface area contributed by atoms with Gasteiger partial charge in [0.05, 0.1) is 0 Å². The minimum Gasteiger partial charge on any atom is -0.333 e. The molecule has 0 saturated heterocycles. The van der Waals surface area contributed by atoms with Gasteiger partial charge in [-0.1, -0.05) is 6.07 Å². The third-order valence-corrected chi connectivity index (χ3v) is 5.40. The van der Waals surface area contributed by atoms with E-state index in [1.165, 1.54) is 0 Å². The Balaban J connectivity index is 0.000000152. The summed E-state index contributed by atoms with van der Waals surface area (Å²) in [7, 11) is 9.78. The first-order valence-electron chi connectivity index (χ1n) is 11.2. The van der Waals surface area contributed by atoms with Crippen molar-refractivity contribution in [3.63, 3.8) is 0 Å². The van der Waals surface area contributed by atoms with Crippen LogP contribution in [0.1, 0.15) is 0 Å². The van der Waals surface area contributed by atoms with Crippen LogP contribution in [0.15, 0.2) is 86.4 Å². The van der Waals surface area contributed by atoms with Crippen molar-refractivity contribution in [3.05, 3.63) is 86.4 Å². The number of hydrogen-bond acceptors (Lipinski definition) is 6. The molecule has 0 N–H and O–H groups in total. The Hall–Kier alpha value is -4.16. The molecule has 0 bridgehead atoms. The van der Waals surface area contributed by atoms with Crippen LogP contribution in [0.4, 0.5) is 0 Å². The van der Waals surface area contributed by atoms with E-state index in [1.54, 1.807) is 37.2 Å². The molecule has 37 heavy (non-hydrogen) atoms. The molecule has 6 aromatic heterocycles. The maximum Gasteiger partial charge on any atom is 0.176 e. The van der Waals surface area contributed by atoms with E-state index in [0.717, 1.165) is 34.8 Å². The fourth-order valence-electron chi connectivity index (χ4n) is 3.43. The Morgan fingerprint density at radius 3 is 0.973 bits per heavy atom. The molecular formula is C25H29N11Os. The summed E-state index contributed by atoms with van der Waals surface area (Å²) >= 11 is 0. The second-order valence-electron chi connectivity index (χ2n) is 8.02. The largest absolute Gasteiger partial charge is 0.333 e. The van der Waals surface area contributed by atoms with E-state index in [4.69, 9.17) is 0 Å². The van der Waals surface area contributed by atoms with E-state index >= 15 is 0 Å². The van der Waals surface area contributed by atoms with Crippen LogP contribution < -0.4 is 0 Å². The van der Waals surface area contributed by atoms with Crippen molar-refractivity contribution in [1.29, 1.82) is 0 Å². The average Bonchev–Trinajstić information content (AvgIpc) is 3.70. The first kappa shape index (κ1) is 27.4. The molecule has 6 aromatic rings. The van der Waals surface area contributed by atoms with E-state index < -0.39 is 0 Å². The summed E-state index contributed by atoms with van der Waals surface area (Å²) in [4.78, 5) is 25.2. The molecule has 0 spiro atoms. The van der Waals surface area contributed by atoms with Crippen molar-refractivity contribution in [2.45, 2.75) is 0 Å². The maximum atomic E-state index is 4.20. The number of pyridine rings is 1. The molecule has 12 heteroatoms. The molecule has 0 aliphatic carbocycles. The van der Waals surface area contributed by atoms with E-state index in [0.29, 0.717) is 0 Å². The van der Waals surface area contributed by atoms with Crippen LogP contribution in [0.5, 0.6) is 0 Å². The van der Waals surface area contributed by atoms with Crippen LogP contribution in [0.2, 0.25) is 0 Å². The molecule has 192 valence electrons. The van der Waals surface area contributed by atoms with Gasteiger partial charge < -0.3 is 22.8 Å². The number of nitrogens with zero attached hydrogens (tertiary/aromatic N) is 11. The zero-order valence-electron chi connectivity index (χ0n) is 21.4. The van der Waals surface area contributed by atoms with Crippen LogP contribution in [-0.4, -0.2) is 52.7 Å². The van der Waals surface area contributed by atoms with Crippen molar-refractivity contribution < 1.29 is 19.8 Å². The van der Waals surface area contributed by atoms with Gasteiger partial charge in [-0.2, -0.15) is 0 Å². The van der Waals surface area contributed by atoms with Gasteiger partial charge in [-0.25, -0.2) is 24.9 Å². The Bertz CT molecular complexity index is 1350. The first-order valence-corrected chi connectivity index (χ1v) is 11.2.